The van der Waals surface area contributed by atoms with Crippen molar-refractivity contribution in [3.05, 3.63) is 65.4 Å². The molecule has 5 nitrogen and oxygen atoms in total. The normalized spacial score (nSPS) is 10.4. The Morgan fingerprint density at radius 3 is 2.67 bits per heavy atom. The summed E-state index contributed by atoms with van der Waals surface area (Å²) in [5, 5.41) is 4.21. The molecule has 0 radical (unpaired) electrons. The number of aromatic nitrogens is 1. The summed E-state index contributed by atoms with van der Waals surface area (Å²) >= 11 is 1.35. The second-order valence-corrected chi connectivity index (χ2v) is 6.37. The van der Waals surface area contributed by atoms with Crippen molar-refractivity contribution in [2.24, 2.45) is 0 Å². The molecular weight excluding hydrogens is 322 g/mol. The molecule has 122 valence electrons. The zero-order valence-electron chi connectivity index (χ0n) is 13.4. The first-order valence-electron chi connectivity index (χ1n) is 7.41. The lowest BCUT2D eigenvalue weighted by Crippen LogP contribution is -2.14. The van der Waals surface area contributed by atoms with Gasteiger partial charge >= 0.3 is 0 Å². The Balaban J connectivity index is 1.72. The molecule has 6 heteroatoms. The molecule has 0 bridgehead atoms. The number of hydrogen-bond acceptors (Lipinski definition) is 5. The van der Waals surface area contributed by atoms with E-state index in [1.54, 1.807) is 18.2 Å². The van der Waals surface area contributed by atoms with Gasteiger partial charge in [0.1, 0.15) is 11.6 Å². The van der Waals surface area contributed by atoms with E-state index in [9.17, 15) is 4.79 Å². The van der Waals surface area contributed by atoms with Crippen LogP contribution in [0.2, 0.25) is 0 Å². The molecular formula is C18H17N3O2S. The number of nitrogens with two attached hydrogens (primary N) is 1. The predicted octanol–water partition coefficient (Wildman–Crippen LogP) is 4.39. The van der Waals surface area contributed by atoms with Crippen molar-refractivity contribution in [3.8, 4) is 10.8 Å². The minimum absolute atomic E-state index is 0.223. The predicted molar refractivity (Wildman–Crippen MR) is 96.9 cm³/mol. The first-order chi connectivity index (χ1) is 11.5. The van der Waals surface area contributed by atoms with E-state index < -0.39 is 0 Å². The molecule has 2 heterocycles. The van der Waals surface area contributed by atoms with Gasteiger partial charge in [0.2, 0.25) is 0 Å². The summed E-state index contributed by atoms with van der Waals surface area (Å²) in [6.07, 6.45) is 0. The summed E-state index contributed by atoms with van der Waals surface area (Å²) in [6.45, 7) is 3.81. The van der Waals surface area contributed by atoms with Gasteiger partial charge in [0.05, 0.1) is 10.6 Å². The maximum atomic E-state index is 12.3. The van der Waals surface area contributed by atoms with Gasteiger partial charge in [0.15, 0.2) is 5.06 Å². The van der Waals surface area contributed by atoms with E-state index in [0.717, 1.165) is 17.0 Å². The Labute approximate surface area is 144 Å². The van der Waals surface area contributed by atoms with E-state index in [1.807, 2.05) is 44.2 Å². The van der Waals surface area contributed by atoms with Crippen LogP contribution in [0, 0.1) is 13.8 Å². The number of thiophene rings is 1. The molecule has 24 heavy (non-hydrogen) atoms. The number of para-hydroxylation sites is 1. The van der Waals surface area contributed by atoms with Crippen LogP contribution in [0.1, 0.15) is 21.6 Å². The summed E-state index contributed by atoms with van der Waals surface area (Å²) in [5.74, 6) is 0.730. The summed E-state index contributed by atoms with van der Waals surface area (Å²) in [5.41, 5.74) is 7.99. The number of rotatable bonds is 4. The third-order valence-electron chi connectivity index (χ3n) is 3.43. The third-order valence-corrected chi connectivity index (χ3v) is 4.31. The first kappa shape index (κ1) is 16.0. The second kappa shape index (κ2) is 6.72. The number of nitrogens with one attached hydrogen (secondary N) is 1. The minimum atomic E-state index is -0.288. The van der Waals surface area contributed by atoms with Gasteiger partial charge in [0.25, 0.3) is 5.91 Å². The Bertz CT molecular complexity index is 889. The van der Waals surface area contributed by atoms with Crippen LogP contribution in [-0.4, -0.2) is 10.9 Å². The van der Waals surface area contributed by atoms with Gasteiger partial charge in [-0.05, 0) is 49.7 Å². The SMILES string of the molecule is Cc1ccc(C(=O)Nc2ccc(Oc3ccccc3C)s2)c(N)n1. The van der Waals surface area contributed by atoms with Crippen LogP contribution in [0.5, 0.6) is 10.8 Å². The molecule has 2 aromatic heterocycles. The van der Waals surface area contributed by atoms with Gasteiger partial charge < -0.3 is 15.8 Å². The first-order valence-corrected chi connectivity index (χ1v) is 8.22. The molecule has 1 amide bonds. The topological polar surface area (TPSA) is 77.2 Å². The molecule has 0 aliphatic rings. The molecule has 0 unspecified atom stereocenters. The van der Waals surface area contributed by atoms with Crippen LogP contribution in [-0.2, 0) is 0 Å². The molecule has 0 aliphatic carbocycles. The van der Waals surface area contributed by atoms with Gasteiger partial charge in [-0.25, -0.2) is 4.98 Å². The lowest BCUT2D eigenvalue weighted by Gasteiger charge is -2.06. The molecule has 0 fully saturated rings. The number of anilines is 2. The number of ether oxygens (including phenoxy) is 1. The van der Waals surface area contributed by atoms with Crippen molar-refractivity contribution in [2.45, 2.75) is 13.8 Å². The summed E-state index contributed by atoms with van der Waals surface area (Å²) in [6, 6.07) is 14.8. The van der Waals surface area contributed by atoms with Crippen LogP contribution in [0.25, 0.3) is 0 Å². The van der Waals surface area contributed by atoms with E-state index >= 15 is 0 Å². The van der Waals surface area contributed by atoms with Crippen LogP contribution in [0.3, 0.4) is 0 Å². The summed E-state index contributed by atoms with van der Waals surface area (Å²) in [7, 11) is 0. The van der Waals surface area contributed by atoms with E-state index in [2.05, 4.69) is 10.3 Å². The number of benzene rings is 1. The Kier molecular flexibility index (Phi) is 4.48. The zero-order chi connectivity index (χ0) is 17.1. The quantitative estimate of drug-likeness (QED) is 0.739. The van der Waals surface area contributed by atoms with E-state index in [4.69, 9.17) is 10.5 Å². The fourth-order valence-corrected chi connectivity index (χ4v) is 2.93. The van der Waals surface area contributed by atoms with Gasteiger partial charge in [-0.15, -0.1) is 0 Å². The second-order valence-electron chi connectivity index (χ2n) is 5.33. The van der Waals surface area contributed by atoms with Crippen molar-refractivity contribution in [1.29, 1.82) is 0 Å². The number of amides is 1. The van der Waals surface area contributed by atoms with Crippen molar-refractivity contribution in [2.75, 3.05) is 11.1 Å². The molecule has 0 aliphatic heterocycles. The highest BCUT2D eigenvalue weighted by Crippen LogP contribution is 2.34. The van der Waals surface area contributed by atoms with Crippen molar-refractivity contribution in [1.82, 2.24) is 4.98 Å². The Morgan fingerprint density at radius 2 is 1.92 bits per heavy atom. The number of carbonyl (C=O) groups excluding carboxylic acids is 1. The lowest BCUT2D eigenvalue weighted by molar-refractivity contribution is 0.102. The number of carbonyl (C=O) groups is 1. The summed E-state index contributed by atoms with van der Waals surface area (Å²) in [4.78, 5) is 16.4. The van der Waals surface area contributed by atoms with Gasteiger partial charge in [-0.2, -0.15) is 0 Å². The number of hydrogen-bond donors (Lipinski definition) is 2. The zero-order valence-corrected chi connectivity index (χ0v) is 14.2. The van der Waals surface area contributed by atoms with Gasteiger partial charge in [-0.1, -0.05) is 29.5 Å². The van der Waals surface area contributed by atoms with E-state index in [0.29, 0.717) is 15.6 Å². The van der Waals surface area contributed by atoms with Crippen LogP contribution < -0.4 is 15.8 Å². The van der Waals surface area contributed by atoms with Crippen molar-refractivity contribution in [3.63, 3.8) is 0 Å². The van der Waals surface area contributed by atoms with Gasteiger partial charge in [0, 0.05) is 5.69 Å². The fraction of sp³-hybridized carbons (Fsp3) is 0.111. The van der Waals surface area contributed by atoms with Crippen molar-refractivity contribution < 1.29 is 9.53 Å². The fourth-order valence-electron chi connectivity index (χ4n) is 2.17. The Morgan fingerprint density at radius 1 is 1.12 bits per heavy atom. The number of nitrogens with zero attached hydrogens (tertiary/aromatic N) is 1. The highest BCUT2D eigenvalue weighted by Gasteiger charge is 2.13. The lowest BCUT2D eigenvalue weighted by atomic mass is 10.2. The number of nitrogen functional groups attached to an aromatic ring is 1. The maximum absolute atomic E-state index is 12.3. The van der Waals surface area contributed by atoms with E-state index in [-0.39, 0.29) is 11.7 Å². The number of pyridine rings is 1. The average molecular weight is 339 g/mol. The molecule has 0 saturated carbocycles. The monoisotopic (exact) mass is 339 g/mol. The van der Waals surface area contributed by atoms with Crippen LogP contribution in [0.15, 0.2) is 48.5 Å². The number of aryl methyl sites for hydroxylation is 2. The van der Waals surface area contributed by atoms with Crippen LogP contribution >= 0.6 is 11.3 Å². The van der Waals surface area contributed by atoms with Gasteiger partial charge in [-0.3, -0.25) is 4.79 Å². The molecule has 0 atom stereocenters. The standard InChI is InChI=1S/C18H17N3O2S/c1-11-5-3-4-6-14(11)23-16-10-9-15(24-16)21-18(22)13-8-7-12(2)20-17(13)19/h3-10H,1-2H3,(H2,19,20)(H,21,22). The molecule has 1 aromatic carbocycles. The highest BCUT2D eigenvalue weighted by atomic mass is 32.1. The maximum Gasteiger partial charge on any atom is 0.260 e. The molecule has 0 spiro atoms. The Hall–Kier alpha value is -2.86. The molecule has 0 saturated heterocycles. The highest BCUT2D eigenvalue weighted by molar-refractivity contribution is 7.18. The average Bonchev–Trinajstić information content (AvgIpc) is 2.96. The smallest absolute Gasteiger partial charge is 0.260 e. The third kappa shape index (κ3) is 3.55. The minimum Gasteiger partial charge on any atom is -0.446 e. The van der Waals surface area contributed by atoms with Crippen LogP contribution in [0.4, 0.5) is 10.8 Å². The molecule has 3 aromatic rings. The molecule has 3 rings (SSSR count). The summed E-state index contributed by atoms with van der Waals surface area (Å²) < 4.78 is 5.85. The van der Waals surface area contributed by atoms with E-state index in [1.165, 1.54) is 11.3 Å². The van der Waals surface area contributed by atoms with Crippen molar-refractivity contribution >= 4 is 28.1 Å². The molecule has 3 N–H and O–H groups in total. The largest absolute Gasteiger partial charge is 0.446 e.